The normalized spacial score (nSPS) is 14.4. The van der Waals surface area contributed by atoms with Gasteiger partial charge in [0.25, 0.3) is 0 Å². The van der Waals surface area contributed by atoms with E-state index in [9.17, 15) is 4.79 Å². The number of aromatic amines is 1. The molecule has 4 rings (SSSR count). The molecule has 0 aromatic carbocycles. The Morgan fingerprint density at radius 2 is 2.11 bits per heavy atom. The van der Waals surface area contributed by atoms with Crippen LogP contribution in [0.2, 0.25) is 0 Å². The third-order valence-electron chi connectivity index (χ3n) is 4.62. The number of anilines is 3. The number of nitrogens with one attached hydrogen (secondary N) is 3. The number of carbonyl (C=O) groups is 1. The van der Waals surface area contributed by atoms with Crippen molar-refractivity contribution < 1.29 is 9.53 Å². The van der Waals surface area contributed by atoms with Crippen molar-refractivity contribution in [2.24, 2.45) is 0 Å². The van der Waals surface area contributed by atoms with Crippen molar-refractivity contribution in [2.45, 2.75) is 38.6 Å². The molecule has 1 aliphatic rings. The molecule has 0 amide bonds. The Bertz CT molecular complexity index is 948. The second kappa shape index (κ2) is 7.61. The average molecular weight is 366 g/mol. The van der Waals surface area contributed by atoms with E-state index in [2.05, 4.69) is 30.6 Å². The van der Waals surface area contributed by atoms with E-state index in [-0.39, 0.29) is 0 Å². The summed E-state index contributed by atoms with van der Waals surface area (Å²) in [5.74, 6) is 1.10. The molecule has 0 atom stereocenters. The molecule has 1 saturated carbocycles. The number of nitrogens with zero attached hydrogens (tertiary/aromatic N) is 3. The molecule has 0 radical (unpaired) electrons. The minimum absolute atomic E-state index is 0.308. The first-order valence-corrected chi connectivity index (χ1v) is 9.25. The number of esters is 1. The van der Waals surface area contributed by atoms with Crippen LogP contribution in [0.15, 0.2) is 30.6 Å². The van der Waals surface area contributed by atoms with Crippen LogP contribution in [0.4, 0.5) is 17.6 Å². The van der Waals surface area contributed by atoms with Gasteiger partial charge in [-0.15, -0.1) is 0 Å². The second-order valence-corrected chi connectivity index (χ2v) is 6.53. The van der Waals surface area contributed by atoms with Gasteiger partial charge in [0.15, 0.2) is 0 Å². The van der Waals surface area contributed by atoms with E-state index in [0.29, 0.717) is 35.8 Å². The number of carbonyl (C=O) groups excluding carboxylic acids is 1. The van der Waals surface area contributed by atoms with Crippen LogP contribution < -0.4 is 10.6 Å². The van der Waals surface area contributed by atoms with Gasteiger partial charge < -0.3 is 20.4 Å². The van der Waals surface area contributed by atoms with Crippen LogP contribution in [0.3, 0.4) is 0 Å². The van der Waals surface area contributed by atoms with Gasteiger partial charge in [-0.2, -0.15) is 4.98 Å². The number of hydrogen-bond donors (Lipinski definition) is 3. The lowest BCUT2D eigenvalue weighted by atomic mass is 10.2. The topological polar surface area (TPSA) is 105 Å². The Hall–Kier alpha value is -3.16. The first-order chi connectivity index (χ1) is 13.2. The molecule has 3 heterocycles. The van der Waals surface area contributed by atoms with Gasteiger partial charge in [0.05, 0.1) is 17.6 Å². The maximum Gasteiger partial charge on any atom is 0.343 e. The Balaban J connectivity index is 1.60. The molecule has 0 unspecified atom stereocenters. The van der Waals surface area contributed by atoms with Gasteiger partial charge in [0.1, 0.15) is 17.2 Å². The van der Waals surface area contributed by atoms with Gasteiger partial charge >= 0.3 is 5.97 Å². The number of aromatic nitrogens is 4. The third-order valence-corrected chi connectivity index (χ3v) is 4.62. The molecule has 1 aliphatic carbocycles. The van der Waals surface area contributed by atoms with Gasteiger partial charge in [0.2, 0.25) is 5.95 Å². The summed E-state index contributed by atoms with van der Waals surface area (Å²) >= 11 is 0. The molecule has 0 aliphatic heterocycles. The standard InChI is InChI=1S/C19H22N6O2/c1-2-27-18(26)13-11-21-19(25-17(13)22-12-5-3-4-6-12)24-16-8-7-14-15(23-16)9-10-20-14/h7-12,20H,2-6H2,1H3,(H2,21,22,23,24,25). The number of ether oxygens (including phenoxy) is 1. The van der Waals surface area contributed by atoms with Gasteiger partial charge in [-0.1, -0.05) is 12.8 Å². The van der Waals surface area contributed by atoms with E-state index >= 15 is 0 Å². The summed E-state index contributed by atoms with van der Waals surface area (Å²) in [7, 11) is 0. The summed E-state index contributed by atoms with van der Waals surface area (Å²) in [5, 5.41) is 6.49. The summed E-state index contributed by atoms with van der Waals surface area (Å²) < 4.78 is 5.14. The Morgan fingerprint density at radius 3 is 2.93 bits per heavy atom. The zero-order valence-electron chi connectivity index (χ0n) is 15.2. The minimum atomic E-state index is -0.420. The van der Waals surface area contributed by atoms with E-state index in [1.165, 1.54) is 19.0 Å². The summed E-state index contributed by atoms with van der Waals surface area (Å²) in [6.45, 7) is 2.09. The predicted octanol–water partition coefficient (Wildman–Crippen LogP) is 3.63. The average Bonchev–Trinajstić information content (AvgIpc) is 3.33. The van der Waals surface area contributed by atoms with Gasteiger partial charge in [-0.3, -0.25) is 0 Å². The minimum Gasteiger partial charge on any atom is -0.462 e. The van der Waals surface area contributed by atoms with E-state index in [1.807, 2.05) is 24.4 Å². The summed E-state index contributed by atoms with van der Waals surface area (Å²) in [4.78, 5) is 28.7. The molecule has 3 aromatic rings. The first kappa shape index (κ1) is 17.3. The van der Waals surface area contributed by atoms with Crippen LogP contribution in [0.25, 0.3) is 11.0 Å². The van der Waals surface area contributed by atoms with Crippen molar-refractivity contribution in [1.82, 2.24) is 19.9 Å². The van der Waals surface area contributed by atoms with Crippen molar-refractivity contribution >= 4 is 34.6 Å². The molecule has 3 aromatic heterocycles. The van der Waals surface area contributed by atoms with Gasteiger partial charge in [-0.05, 0) is 38.0 Å². The highest BCUT2D eigenvalue weighted by molar-refractivity contribution is 5.94. The van der Waals surface area contributed by atoms with Crippen molar-refractivity contribution in [1.29, 1.82) is 0 Å². The van der Waals surface area contributed by atoms with Crippen LogP contribution in [-0.4, -0.2) is 38.6 Å². The van der Waals surface area contributed by atoms with Crippen molar-refractivity contribution in [3.05, 3.63) is 36.2 Å². The Labute approximate surface area is 156 Å². The lowest BCUT2D eigenvalue weighted by molar-refractivity contribution is 0.0526. The molecule has 140 valence electrons. The highest BCUT2D eigenvalue weighted by atomic mass is 16.5. The summed E-state index contributed by atoms with van der Waals surface area (Å²) in [6, 6.07) is 6.01. The maximum absolute atomic E-state index is 12.2. The SMILES string of the molecule is CCOC(=O)c1cnc(Nc2ccc3[nH]ccc3n2)nc1NC1CCCC1. The molecule has 0 saturated heterocycles. The third kappa shape index (κ3) is 3.84. The van der Waals surface area contributed by atoms with Crippen LogP contribution in [0.5, 0.6) is 0 Å². The fourth-order valence-corrected chi connectivity index (χ4v) is 3.29. The molecule has 27 heavy (non-hydrogen) atoms. The molecular formula is C19H22N6O2. The summed E-state index contributed by atoms with van der Waals surface area (Å²) in [6.07, 6.45) is 7.85. The summed E-state index contributed by atoms with van der Waals surface area (Å²) in [5.41, 5.74) is 2.17. The maximum atomic E-state index is 12.2. The van der Waals surface area contributed by atoms with Crippen LogP contribution >= 0.6 is 0 Å². The number of hydrogen-bond acceptors (Lipinski definition) is 7. The number of pyridine rings is 1. The van der Waals surface area contributed by atoms with Crippen LogP contribution in [0, 0.1) is 0 Å². The molecule has 0 bridgehead atoms. The first-order valence-electron chi connectivity index (χ1n) is 9.25. The lowest BCUT2D eigenvalue weighted by Crippen LogP contribution is -2.20. The van der Waals surface area contributed by atoms with Gasteiger partial charge in [0, 0.05) is 18.4 Å². The second-order valence-electron chi connectivity index (χ2n) is 6.53. The molecule has 0 spiro atoms. The predicted molar refractivity (Wildman–Crippen MR) is 103 cm³/mol. The van der Waals surface area contributed by atoms with E-state index in [0.717, 1.165) is 23.9 Å². The largest absolute Gasteiger partial charge is 0.462 e. The number of fused-ring (bicyclic) bond motifs is 1. The lowest BCUT2D eigenvalue weighted by Gasteiger charge is -2.16. The smallest absolute Gasteiger partial charge is 0.343 e. The Morgan fingerprint density at radius 1 is 1.26 bits per heavy atom. The van der Waals surface area contributed by atoms with Crippen LogP contribution in [0.1, 0.15) is 43.0 Å². The quantitative estimate of drug-likeness (QED) is 0.572. The fourth-order valence-electron chi connectivity index (χ4n) is 3.29. The molecule has 1 fully saturated rings. The van der Waals surface area contributed by atoms with Gasteiger partial charge in [-0.25, -0.2) is 14.8 Å². The highest BCUT2D eigenvalue weighted by Crippen LogP contribution is 2.25. The molecular weight excluding hydrogens is 344 g/mol. The monoisotopic (exact) mass is 366 g/mol. The zero-order valence-corrected chi connectivity index (χ0v) is 15.2. The highest BCUT2D eigenvalue weighted by Gasteiger charge is 2.21. The van der Waals surface area contributed by atoms with E-state index in [4.69, 9.17) is 4.74 Å². The van der Waals surface area contributed by atoms with E-state index in [1.54, 1.807) is 6.92 Å². The van der Waals surface area contributed by atoms with Crippen LogP contribution in [-0.2, 0) is 4.74 Å². The van der Waals surface area contributed by atoms with Crippen molar-refractivity contribution in [3.8, 4) is 0 Å². The molecule has 8 heteroatoms. The molecule has 3 N–H and O–H groups in total. The molecule has 8 nitrogen and oxygen atoms in total. The van der Waals surface area contributed by atoms with E-state index < -0.39 is 5.97 Å². The Kier molecular flexibility index (Phi) is 4.86. The zero-order chi connectivity index (χ0) is 18.6. The van der Waals surface area contributed by atoms with Crippen molar-refractivity contribution in [3.63, 3.8) is 0 Å². The fraction of sp³-hybridized carbons (Fsp3) is 0.368. The number of H-pyrrole nitrogens is 1. The number of rotatable bonds is 6. The van der Waals surface area contributed by atoms with Crippen molar-refractivity contribution in [2.75, 3.05) is 17.2 Å².